The predicted molar refractivity (Wildman–Crippen MR) is 78.1 cm³/mol. The number of ether oxygens (including phenoxy) is 1. The molecule has 1 aromatic rings. The molecule has 2 heteroatoms. The average molecular weight is 249 g/mol. The van der Waals surface area contributed by atoms with Gasteiger partial charge in [-0.05, 0) is 37.8 Å². The van der Waals surface area contributed by atoms with Gasteiger partial charge < -0.3 is 10.5 Å². The van der Waals surface area contributed by atoms with Crippen LogP contribution in [0, 0.1) is 12.8 Å². The molecule has 0 aromatic heterocycles. The van der Waals surface area contributed by atoms with Gasteiger partial charge in [-0.15, -0.1) is 0 Å². The molecule has 1 atom stereocenters. The summed E-state index contributed by atoms with van der Waals surface area (Å²) in [6.07, 6.45) is 3.22. The monoisotopic (exact) mass is 249 g/mol. The lowest BCUT2D eigenvalue weighted by molar-refractivity contribution is 0.238. The first-order chi connectivity index (χ1) is 8.56. The molecular formula is C16H27NO. The third kappa shape index (κ3) is 4.69. The van der Waals surface area contributed by atoms with Crippen molar-refractivity contribution in [2.75, 3.05) is 6.61 Å². The summed E-state index contributed by atoms with van der Waals surface area (Å²) in [6.45, 7) is 9.38. The summed E-state index contributed by atoms with van der Waals surface area (Å²) in [7, 11) is 0. The van der Waals surface area contributed by atoms with E-state index in [-0.39, 0.29) is 6.04 Å². The highest BCUT2D eigenvalue weighted by molar-refractivity contribution is 5.37. The van der Waals surface area contributed by atoms with Crippen LogP contribution < -0.4 is 10.5 Å². The van der Waals surface area contributed by atoms with Crippen LogP contribution >= 0.6 is 0 Å². The minimum absolute atomic E-state index is 0.169. The molecule has 1 rings (SSSR count). The molecule has 0 saturated carbocycles. The summed E-state index contributed by atoms with van der Waals surface area (Å²) >= 11 is 0. The van der Waals surface area contributed by atoms with Crippen LogP contribution in [0.2, 0.25) is 0 Å². The molecule has 2 nitrogen and oxygen atoms in total. The van der Waals surface area contributed by atoms with E-state index >= 15 is 0 Å². The Kier molecular flexibility index (Phi) is 6.20. The first kappa shape index (κ1) is 15.0. The third-order valence-electron chi connectivity index (χ3n) is 3.39. The molecule has 0 radical (unpaired) electrons. The highest BCUT2D eigenvalue weighted by Crippen LogP contribution is 2.22. The highest BCUT2D eigenvalue weighted by Gasteiger charge is 2.09. The molecule has 0 heterocycles. The molecule has 0 saturated heterocycles. The van der Waals surface area contributed by atoms with Crippen LogP contribution in [0.15, 0.2) is 18.2 Å². The van der Waals surface area contributed by atoms with Crippen molar-refractivity contribution < 1.29 is 4.74 Å². The van der Waals surface area contributed by atoms with Crippen molar-refractivity contribution >= 4 is 0 Å². The molecule has 1 aromatic carbocycles. The van der Waals surface area contributed by atoms with Crippen molar-refractivity contribution in [1.29, 1.82) is 0 Å². The Labute approximate surface area is 112 Å². The standard InChI is InChI=1S/C16H27NO/c1-5-14(6-2)11-18-16-8-7-12(3)9-15(16)10-13(4)17/h7-9,13-14H,5-6,10-11,17H2,1-4H3. The maximum absolute atomic E-state index is 5.98. The van der Waals surface area contributed by atoms with E-state index in [0.717, 1.165) is 18.8 Å². The van der Waals surface area contributed by atoms with Gasteiger partial charge in [0.25, 0.3) is 0 Å². The van der Waals surface area contributed by atoms with Crippen LogP contribution in [-0.4, -0.2) is 12.6 Å². The van der Waals surface area contributed by atoms with Crippen molar-refractivity contribution in [2.24, 2.45) is 11.7 Å². The molecule has 0 bridgehead atoms. The Morgan fingerprint density at radius 2 is 1.89 bits per heavy atom. The topological polar surface area (TPSA) is 35.2 Å². The maximum atomic E-state index is 5.98. The summed E-state index contributed by atoms with van der Waals surface area (Å²) in [5.41, 5.74) is 8.39. The molecule has 0 amide bonds. The second-order valence-corrected chi connectivity index (χ2v) is 5.29. The van der Waals surface area contributed by atoms with E-state index in [4.69, 9.17) is 10.5 Å². The van der Waals surface area contributed by atoms with Crippen LogP contribution in [0.5, 0.6) is 5.75 Å². The number of rotatable bonds is 7. The molecule has 18 heavy (non-hydrogen) atoms. The Balaban J connectivity index is 2.74. The Morgan fingerprint density at radius 3 is 2.44 bits per heavy atom. The molecule has 0 aliphatic carbocycles. The van der Waals surface area contributed by atoms with Crippen LogP contribution in [0.1, 0.15) is 44.7 Å². The van der Waals surface area contributed by atoms with Crippen molar-refractivity contribution in [3.8, 4) is 5.75 Å². The number of hydrogen-bond donors (Lipinski definition) is 1. The fourth-order valence-electron chi connectivity index (χ4n) is 2.09. The molecule has 0 aliphatic rings. The lowest BCUT2D eigenvalue weighted by Gasteiger charge is -2.17. The SMILES string of the molecule is CCC(CC)COc1ccc(C)cc1CC(C)N. The Hall–Kier alpha value is -1.02. The van der Waals surface area contributed by atoms with Gasteiger partial charge in [0.1, 0.15) is 5.75 Å². The second kappa shape index (κ2) is 7.42. The predicted octanol–water partition coefficient (Wildman–Crippen LogP) is 3.70. The zero-order chi connectivity index (χ0) is 13.5. The average Bonchev–Trinajstić information content (AvgIpc) is 2.32. The minimum atomic E-state index is 0.169. The van der Waals surface area contributed by atoms with Crippen molar-refractivity contribution in [3.05, 3.63) is 29.3 Å². The van der Waals surface area contributed by atoms with Crippen LogP contribution in [0.25, 0.3) is 0 Å². The van der Waals surface area contributed by atoms with Gasteiger partial charge in [0.05, 0.1) is 6.61 Å². The molecule has 0 spiro atoms. The van der Waals surface area contributed by atoms with Crippen LogP contribution in [0.4, 0.5) is 0 Å². The molecule has 0 fully saturated rings. The highest BCUT2D eigenvalue weighted by atomic mass is 16.5. The quantitative estimate of drug-likeness (QED) is 0.799. The first-order valence-corrected chi connectivity index (χ1v) is 7.04. The van der Waals surface area contributed by atoms with E-state index in [1.807, 2.05) is 6.92 Å². The zero-order valence-electron chi connectivity index (χ0n) is 12.2. The van der Waals surface area contributed by atoms with Crippen molar-refractivity contribution in [1.82, 2.24) is 0 Å². The lowest BCUT2D eigenvalue weighted by atomic mass is 10.0. The molecule has 102 valence electrons. The largest absolute Gasteiger partial charge is 0.493 e. The lowest BCUT2D eigenvalue weighted by Crippen LogP contribution is -2.19. The Morgan fingerprint density at radius 1 is 1.22 bits per heavy atom. The number of nitrogens with two attached hydrogens (primary N) is 1. The summed E-state index contributed by atoms with van der Waals surface area (Å²) in [5, 5.41) is 0. The molecular weight excluding hydrogens is 222 g/mol. The second-order valence-electron chi connectivity index (χ2n) is 5.29. The fraction of sp³-hybridized carbons (Fsp3) is 0.625. The van der Waals surface area contributed by atoms with Gasteiger partial charge in [-0.2, -0.15) is 0 Å². The van der Waals surface area contributed by atoms with E-state index in [9.17, 15) is 0 Å². The van der Waals surface area contributed by atoms with E-state index in [2.05, 4.69) is 39.0 Å². The summed E-state index contributed by atoms with van der Waals surface area (Å²) in [4.78, 5) is 0. The van der Waals surface area contributed by atoms with E-state index in [0.29, 0.717) is 5.92 Å². The molecule has 1 unspecified atom stereocenters. The van der Waals surface area contributed by atoms with Crippen LogP contribution in [0.3, 0.4) is 0 Å². The normalized spacial score (nSPS) is 12.8. The minimum Gasteiger partial charge on any atom is -0.493 e. The number of aryl methyl sites for hydroxylation is 1. The van der Waals surface area contributed by atoms with Gasteiger partial charge in [0.2, 0.25) is 0 Å². The summed E-state index contributed by atoms with van der Waals surface area (Å²) < 4.78 is 5.98. The Bertz CT molecular complexity index is 356. The van der Waals surface area contributed by atoms with Crippen LogP contribution in [-0.2, 0) is 6.42 Å². The number of hydrogen-bond acceptors (Lipinski definition) is 2. The van der Waals surface area contributed by atoms with Gasteiger partial charge in [0, 0.05) is 6.04 Å². The summed E-state index contributed by atoms with van der Waals surface area (Å²) in [6, 6.07) is 6.54. The third-order valence-corrected chi connectivity index (χ3v) is 3.39. The fourth-order valence-corrected chi connectivity index (χ4v) is 2.09. The van der Waals surface area contributed by atoms with Gasteiger partial charge in [-0.3, -0.25) is 0 Å². The van der Waals surface area contributed by atoms with E-state index in [1.165, 1.54) is 24.0 Å². The smallest absolute Gasteiger partial charge is 0.122 e. The van der Waals surface area contributed by atoms with E-state index < -0.39 is 0 Å². The van der Waals surface area contributed by atoms with Gasteiger partial charge >= 0.3 is 0 Å². The van der Waals surface area contributed by atoms with Gasteiger partial charge in [-0.25, -0.2) is 0 Å². The molecule has 0 aliphatic heterocycles. The summed E-state index contributed by atoms with van der Waals surface area (Å²) in [5.74, 6) is 1.65. The number of benzene rings is 1. The van der Waals surface area contributed by atoms with Gasteiger partial charge in [0.15, 0.2) is 0 Å². The van der Waals surface area contributed by atoms with Crippen molar-refractivity contribution in [3.63, 3.8) is 0 Å². The first-order valence-electron chi connectivity index (χ1n) is 7.04. The van der Waals surface area contributed by atoms with Crippen molar-refractivity contribution in [2.45, 2.75) is 53.0 Å². The zero-order valence-corrected chi connectivity index (χ0v) is 12.2. The van der Waals surface area contributed by atoms with Gasteiger partial charge in [-0.1, -0.05) is 44.4 Å². The maximum Gasteiger partial charge on any atom is 0.122 e. The van der Waals surface area contributed by atoms with E-state index in [1.54, 1.807) is 0 Å². The molecule has 2 N–H and O–H groups in total.